The van der Waals surface area contributed by atoms with Gasteiger partial charge in [0.05, 0.1) is 39.4 Å². The van der Waals surface area contributed by atoms with Gasteiger partial charge in [0, 0.05) is 16.3 Å². The number of amides is 1. The van der Waals surface area contributed by atoms with Crippen LogP contribution < -0.4 is 9.64 Å². The van der Waals surface area contributed by atoms with Gasteiger partial charge >= 0.3 is 0 Å². The second kappa shape index (κ2) is 9.47. The van der Waals surface area contributed by atoms with Crippen molar-refractivity contribution in [2.75, 3.05) is 12.0 Å². The Hall–Kier alpha value is -2.77. The summed E-state index contributed by atoms with van der Waals surface area (Å²) >= 11 is 24.4. The van der Waals surface area contributed by atoms with E-state index in [1.165, 1.54) is 55.6 Å². The summed E-state index contributed by atoms with van der Waals surface area (Å²) in [5, 5.41) is 11.8. The van der Waals surface area contributed by atoms with Crippen LogP contribution in [0.15, 0.2) is 60.2 Å². The number of anilines is 1. The number of ketones is 1. The molecule has 5 nitrogen and oxygen atoms in total. The van der Waals surface area contributed by atoms with Gasteiger partial charge in [-0.25, -0.2) is 4.39 Å². The molecule has 3 aromatic rings. The van der Waals surface area contributed by atoms with Gasteiger partial charge in [-0.3, -0.25) is 14.5 Å². The average molecular weight is 541 g/mol. The standard InChI is InChI=1S/C24H14Cl4FNO4/c1-34-23-14(8-11(25)9-17(23)28)21(31)19-20(13-4-2-3-5-18(13)29)30(24(33)22(19)32)12-6-7-15(26)16(27)10-12/h2-10,20,31H,1H3/b21-19+. The summed E-state index contributed by atoms with van der Waals surface area (Å²) in [5.41, 5.74) is -0.257. The van der Waals surface area contributed by atoms with E-state index in [9.17, 15) is 19.1 Å². The highest BCUT2D eigenvalue weighted by Gasteiger charge is 2.48. The van der Waals surface area contributed by atoms with E-state index in [2.05, 4.69) is 0 Å². The maximum Gasteiger partial charge on any atom is 0.300 e. The zero-order valence-corrected chi connectivity index (χ0v) is 20.3. The number of carbonyl (C=O) groups is 2. The van der Waals surface area contributed by atoms with Gasteiger partial charge < -0.3 is 9.84 Å². The van der Waals surface area contributed by atoms with Crippen LogP contribution in [0.25, 0.3) is 5.76 Å². The van der Waals surface area contributed by atoms with Crippen LogP contribution in [0.4, 0.5) is 10.1 Å². The topological polar surface area (TPSA) is 66.8 Å². The van der Waals surface area contributed by atoms with Gasteiger partial charge in [-0.05, 0) is 36.4 Å². The van der Waals surface area contributed by atoms with Gasteiger partial charge in [0.2, 0.25) is 0 Å². The molecule has 0 aliphatic carbocycles. The molecular weight excluding hydrogens is 527 g/mol. The van der Waals surface area contributed by atoms with E-state index in [0.29, 0.717) is 0 Å². The Morgan fingerprint density at radius 2 is 1.68 bits per heavy atom. The fourth-order valence-corrected chi connectivity index (χ4v) is 4.68. The van der Waals surface area contributed by atoms with E-state index >= 15 is 0 Å². The summed E-state index contributed by atoms with van der Waals surface area (Å²) in [6.45, 7) is 0. The van der Waals surface area contributed by atoms with E-state index in [1.807, 2.05) is 0 Å². The fourth-order valence-electron chi connectivity index (χ4n) is 3.81. The predicted molar refractivity (Wildman–Crippen MR) is 131 cm³/mol. The monoisotopic (exact) mass is 539 g/mol. The summed E-state index contributed by atoms with van der Waals surface area (Å²) in [4.78, 5) is 27.5. The Morgan fingerprint density at radius 3 is 2.32 bits per heavy atom. The zero-order chi connectivity index (χ0) is 24.7. The van der Waals surface area contributed by atoms with Crippen LogP contribution in [-0.4, -0.2) is 23.9 Å². The first kappa shape index (κ1) is 24.4. The average Bonchev–Trinajstić information content (AvgIpc) is 3.05. The predicted octanol–water partition coefficient (Wildman–Crippen LogP) is 7.07. The molecule has 1 atom stereocenters. The number of carbonyl (C=O) groups excluding carboxylic acids is 2. The van der Waals surface area contributed by atoms with Crippen LogP contribution in [0.1, 0.15) is 17.2 Å². The number of Topliss-reactive ketones (excluding diaryl/α,β-unsaturated/α-hetero) is 1. The van der Waals surface area contributed by atoms with Crippen molar-refractivity contribution in [3.8, 4) is 5.75 Å². The molecule has 1 N–H and O–H groups in total. The van der Waals surface area contributed by atoms with Crippen LogP contribution in [0.5, 0.6) is 5.75 Å². The Bertz CT molecular complexity index is 1380. The van der Waals surface area contributed by atoms with E-state index in [-0.39, 0.29) is 48.2 Å². The number of halogens is 5. The number of hydrogen-bond acceptors (Lipinski definition) is 4. The molecular formula is C24H14Cl4FNO4. The van der Waals surface area contributed by atoms with E-state index < -0.39 is 29.3 Å². The molecule has 0 radical (unpaired) electrons. The number of nitrogens with zero attached hydrogens (tertiary/aromatic N) is 1. The molecule has 1 aliphatic heterocycles. The molecule has 0 spiro atoms. The lowest BCUT2D eigenvalue weighted by molar-refractivity contribution is -0.132. The van der Waals surface area contributed by atoms with Crippen molar-refractivity contribution in [1.82, 2.24) is 0 Å². The van der Waals surface area contributed by atoms with Crippen molar-refractivity contribution >= 4 is 69.5 Å². The normalized spacial score (nSPS) is 17.4. The Kier molecular flexibility index (Phi) is 6.78. The molecule has 1 saturated heterocycles. The summed E-state index contributed by atoms with van der Waals surface area (Å²) in [6.07, 6.45) is 0. The first-order valence-corrected chi connectivity index (χ1v) is 11.2. The number of ether oxygens (including phenoxy) is 1. The minimum atomic E-state index is -1.33. The van der Waals surface area contributed by atoms with Gasteiger partial charge in [0.25, 0.3) is 11.7 Å². The van der Waals surface area contributed by atoms with E-state index in [1.54, 1.807) is 6.07 Å². The van der Waals surface area contributed by atoms with Crippen LogP contribution in [0, 0.1) is 5.82 Å². The van der Waals surface area contributed by atoms with Gasteiger partial charge in [0.1, 0.15) is 17.3 Å². The Balaban J connectivity index is 2.04. The van der Waals surface area contributed by atoms with E-state index in [4.69, 9.17) is 51.1 Å². The van der Waals surface area contributed by atoms with Crippen LogP contribution in [-0.2, 0) is 9.59 Å². The molecule has 4 rings (SSSR count). The quantitative estimate of drug-likeness (QED) is 0.218. The highest BCUT2D eigenvalue weighted by molar-refractivity contribution is 6.52. The lowest BCUT2D eigenvalue weighted by Gasteiger charge is -2.26. The SMILES string of the molecule is COc1c(Cl)cc(Cl)cc1/C(O)=C1\C(=O)C(=O)N(c2ccc(Cl)c(Cl)c2)C1c1ccccc1F. The molecule has 1 heterocycles. The molecule has 1 fully saturated rings. The molecule has 1 amide bonds. The smallest absolute Gasteiger partial charge is 0.300 e. The molecule has 3 aromatic carbocycles. The summed E-state index contributed by atoms with van der Waals surface area (Å²) in [6, 6.07) is 11.3. The van der Waals surface area contributed by atoms with Crippen molar-refractivity contribution in [3.63, 3.8) is 0 Å². The maximum absolute atomic E-state index is 15.0. The molecule has 174 valence electrons. The first-order chi connectivity index (χ1) is 16.1. The fraction of sp³-hybridized carbons (Fsp3) is 0.0833. The second-order valence-corrected chi connectivity index (χ2v) is 8.92. The third-order valence-electron chi connectivity index (χ3n) is 5.29. The highest BCUT2D eigenvalue weighted by atomic mass is 35.5. The second-order valence-electron chi connectivity index (χ2n) is 7.26. The summed E-state index contributed by atoms with van der Waals surface area (Å²) in [5.74, 6) is -3.34. The number of aliphatic hydroxyl groups is 1. The molecule has 0 aromatic heterocycles. The van der Waals surface area contributed by atoms with Gasteiger partial charge in [-0.2, -0.15) is 0 Å². The largest absolute Gasteiger partial charge is 0.507 e. The number of methoxy groups -OCH3 is 1. The lowest BCUT2D eigenvalue weighted by atomic mass is 9.94. The number of rotatable bonds is 4. The van der Waals surface area contributed by atoms with Crippen molar-refractivity contribution in [3.05, 3.63) is 97.2 Å². The van der Waals surface area contributed by atoms with Crippen LogP contribution in [0.2, 0.25) is 20.1 Å². The molecule has 1 unspecified atom stereocenters. The van der Waals surface area contributed by atoms with E-state index in [0.717, 1.165) is 4.90 Å². The van der Waals surface area contributed by atoms with Crippen LogP contribution in [0.3, 0.4) is 0 Å². The minimum Gasteiger partial charge on any atom is -0.507 e. The van der Waals surface area contributed by atoms with Gasteiger partial charge in [-0.15, -0.1) is 0 Å². The van der Waals surface area contributed by atoms with Crippen LogP contribution >= 0.6 is 46.4 Å². The minimum absolute atomic E-state index is 0.0246. The molecule has 0 saturated carbocycles. The number of aliphatic hydroxyl groups excluding tert-OH is 1. The first-order valence-electron chi connectivity index (χ1n) is 9.69. The van der Waals surface area contributed by atoms with Gasteiger partial charge in [-0.1, -0.05) is 64.6 Å². The third kappa shape index (κ3) is 4.12. The van der Waals surface area contributed by atoms with Gasteiger partial charge in [0.15, 0.2) is 0 Å². The molecule has 10 heteroatoms. The highest BCUT2D eigenvalue weighted by Crippen LogP contribution is 2.46. The molecule has 0 bridgehead atoms. The third-order valence-corrected chi connectivity index (χ3v) is 6.53. The van der Waals surface area contributed by atoms with Crippen molar-refractivity contribution < 1.29 is 23.8 Å². The Morgan fingerprint density at radius 1 is 0.971 bits per heavy atom. The summed E-state index contributed by atoms with van der Waals surface area (Å²) in [7, 11) is 1.31. The van der Waals surface area contributed by atoms with Crippen molar-refractivity contribution in [2.45, 2.75) is 6.04 Å². The molecule has 34 heavy (non-hydrogen) atoms. The number of hydrogen-bond donors (Lipinski definition) is 1. The number of benzene rings is 3. The maximum atomic E-state index is 15.0. The summed E-state index contributed by atoms with van der Waals surface area (Å²) < 4.78 is 20.3. The van der Waals surface area contributed by atoms with Crippen molar-refractivity contribution in [2.24, 2.45) is 0 Å². The Labute approximate surface area is 213 Å². The lowest BCUT2D eigenvalue weighted by Crippen LogP contribution is -2.29. The van der Waals surface area contributed by atoms with Crippen molar-refractivity contribution in [1.29, 1.82) is 0 Å². The molecule has 1 aliphatic rings. The zero-order valence-electron chi connectivity index (χ0n) is 17.3.